The fraction of sp³-hybridized carbons (Fsp3) is 0.308. The highest BCUT2D eigenvalue weighted by Crippen LogP contribution is 2.23. The second-order valence-corrected chi connectivity index (χ2v) is 4.44. The predicted octanol–water partition coefficient (Wildman–Crippen LogP) is 1.70. The Morgan fingerprint density at radius 2 is 2.18 bits per heavy atom. The van der Waals surface area contributed by atoms with Crippen LogP contribution in [-0.2, 0) is 0 Å². The quantitative estimate of drug-likeness (QED) is 0.794. The van der Waals surface area contributed by atoms with E-state index < -0.39 is 0 Å². The molecule has 0 radical (unpaired) electrons. The minimum atomic E-state index is 0.996. The van der Waals surface area contributed by atoms with Crippen molar-refractivity contribution in [3.8, 4) is 0 Å². The van der Waals surface area contributed by atoms with Gasteiger partial charge in [0.25, 0.3) is 0 Å². The molecule has 0 bridgehead atoms. The Bertz CT molecular complexity index is 533. The summed E-state index contributed by atoms with van der Waals surface area (Å²) in [4.78, 5) is 6.54. The first-order valence-corrected chi connectivity index (χ1v) is 5.86. The van der Waals surface area contributed by atoms with E-state index in [1.165, 1.54) is 11.4 Å². The van der Waals surface area contributed by atoms with E-state index in [-0.39, 0.29) is 0 Å². The van der Waals surface area contributed by atoms with Gasteiger partial charge in [-0.15, -0.1) is 0 Å². The van der Waals surface area contributed by atoms with Gasteiger partial charge in [0.05, 0.1) is 23.4 Å². The summed E-state index contributed by atoms with van der Waals surface area (Å²) in [5.74, 6) is 0. The van der Waals surface area contributed by atoms with Crippen molar-refractivity contribution in [2.24, 2.45) is 0 Å². The Kier molecular flexibility index (Phi) is 2.28. The van der Waals surface area contributed by atoms with Crippen LogP contribution in [0.4, 0.5) is 0 Å². The van der Waals surface area contributed by atoms with Crippen LogP contribution in [0.1, 0.15) is 12.6 Å². The van der Waals surface area contributed by atoms with E-state index in [1.54, 1.807) is 0 Å². The van der Waals surface area contributed by atoms with Gasteiger partial charge in [-0.2, -0.15) is 0 Å². The highest BCUT2D eigenvalue weighted by atomic mass is 15.2. The Balaban J connectivity index is 1.96. The van der Waals surface area contributed by atoms with Crippen molar-refractivity contribution in [2.45, 2.75) is 13.8 Å². The van der Waals surface area contributed by atoms with Gasteiger partial charge in [0.1, 0.15) is 0 Å². The Hall–Kier alpha value is -1.97. The summed E-state index contributed by atoms with van der Waals surface area (Å²) in [7, 11) is 0. The summed E-state index contributed by atoms with van der Waals surface area (Å²) in [6.45, 7) is 6.13. The number of nitrogens with zero attached hydrogens (tertiary/aromatic N) is 3. The van der Waals surface area contributed by atoms with E-state index in [0.717, 1.165) is 24.5 Å². The molecule has 3 rings (SSSR count). The fourth-order valence-corrected chi connectivity index (χ4v) is 2.23. The van der Waals surface area contributed by atoms with Crippen molar-refractivity contribution in [3.63, 3.8) is 0 Å². The normalized spacial score (nSPS) is 18.9. The molecular weight excluding hydrogens is 212 g/mol. The molecule has 1 N–H and O–H groups in total. The van der Waals surface area contributed by atoms with Gasteiger partial charge in [0.2, 0.25) is 0 Å². The molecule has 88 valence electrons. The first-order chi connectivity index (χ1) is 8.24. The average Bonchev–Trinajstić information content (AvgIpc) is 2.76. The largest absolute Gasteiger partial charge is 0.385 e. The molecule has 2 aliphatic heterocycles. The number of imidazole rings is 1. The van der Waals surface area contributed by atoms with Crippen LogP contribution in [0.3, 0.4) is 0 Å². The summed E-state index contributed by atoms with van der Waals surface area (Å²) in [5.41, 5.74) is 4.70. The van der Waals surface area contributed by atoms with Crippen molar-refractivity contribution in [1.29, 1.82) is 0 Å². The third-order valence-electron chi connectivity index (χ3n) is 3.15. The van der Waals surface area contributed by atoms with Gasteiger partial charge in [0.15, 0.2) is 0 Å². The van der Waals surface area contributed by atoms with Crippen LogP contribution in [0.15, 0.2) is 42.3 Å². The summed E-state index contributed by atoms with van der Waals surface area (Å²) >= 11 is 0. The standard InChI is InChI=1S/C13H16N4/c1-10-7-17(9-15-10)12-3-4-13-11(2)14-5-6-16(13)8-12/h3-4,7-9,14H,5-6H2,1-2H3. The minimum absolute atomic E-state index is 0.996. The summed E-state index contributed by atoms with van der Waals surface area (Å²) in [5, 5.41) is 3.38. The van der Waals surface area contributed by atoms with Crippen LogP contribution < -0.4 is 5.32 Å². The second-order valence-electron chi connectivity index (χ2n) is 4.44. The fourth-order valence-electron chi connectivity index (χ4n) is 2.23. The average molecular weight is 228 g/mol. The number of aromatic nitrogens is 2. The molecule has 0 aliphatic carbocycles. The zero-order valence-corrected chi connectivity index (χ0v) is 10.1. The van der Waals surface area contributed by atoms with Gasteiger partial charge in [-0.1, -0.05) is 0 Å². The van der Waals surface area contributed by atoms with Gasteiger partial charge >= 0.3 is 0 Å². The number of rotatable bonds is 1. The predicted molar refractivity (Wildman–Crippen MR) is 67.8 cm³/mol. The Morgan fingerprint density at radius 3 is 2.94 bits per heavy atom. The summed E-state index contributed by atoms with van der Waals surface area (Å²) < 4.78 is 2.06. The Morgan fingerprint density at radius 1 is 1.29 bits per heavy atom. The van der Waals surface area contributed by atoms with Crippen LogP contribution in [-0.4, -0.2) is 27.5 Å². The van der Waals surface area contributed by atoms with Crippen LogP contribution in [0.5, 0.6) is 0 Å². The lowest BCUT2D eigenvalue weighted by Gasteiger charge is -2.32. The first-order valence-electron chi connectivity index (χ1n) is 5.86. The number of hydrogen-bond acceptors (Lipinski definition) is 3. The zero-order chi connectivity index (χ0) is 11.8. The molecule has 0 amide bonds. The third kappa shape index (κ3) is 1.75. The minimum Gasteiger partial charge on any atom is -0.385 e. The number of nitrogens with one attached hydrogen (secondary N) is 1. The third-order valence-corrected chi connectivity index (χ3v) is 3.15. The van der Waals surface area contributed by atoms with Gasteiger partial charge in [-0.25, -0.2) is 4.98 Å². The lowest BCUT2D eigenvalue weighted by molar-refractivity contribution is 0.430. The molecule has 4 nitrogen and oxygen atoms in total. The highest BCUT2D eigenvalue weighted by molar-refractivity contribution is 5.61. The van der Waals surface area contributed by atoms with Gasteiger partial charge < -0.3 is 14.8 Å². The molecular formula is C13H16N4. The zero-order valence-electron chi connectivity index (χ0n) is 10.1. The molecule has 1 aromatic rings. The number of fused-ring (bicyclic) bond motifs is 1. The van der Waals surface area contributed by atoms with E-state index in [4.69, 9.17) is 0 Å². The van der Waals surface area contributed by atoms with Crippen molar-refractivity contribution < 1.29 is 0 Å². The van der Waals surface area contributed by atoms with Crippen molar-refractivity contribution in [2.75, 3.05) is 13.1 Å². The van der Waals surface area contributed by atoms with Crippen LogP contribution in [0.25, 0.3) is 5.70 Å². The SMILES string of the molecule is CC1=C2C=CC(n3cnc(C)c3)=CN2CCN1. The highest BCUT2D eigenvalue weighted by Gasteiger charge is 2.17. The first kappa shape index (κ1) is 10.2. The lowest BCUT2D eigenvalue weighted by Crippen LogP contribution is -2.36. The van der Waals surface area contributed by atoms with E-state index in [0.29, 0.717) is 0 Å². The molecule has 17 heavy (non-hydrogen) atoms. The van der Waals surface area contributed by atoms with Gasteiger partial charge in [-0.05, 0) is 26.0 Å². The number of hydrogen-bond donors (Lipinski definition) is 1. The van der Waals surface area contributed by atoms with Gasteiger partial charge in [0, 0.05) is 31.2 Å². The van der Waals surface area contributed by atoms with Crippen LogP contribution in [0, 0.1) is 6.92 Å². The van der Waals surface area contributed by atoms with Crippen LogP contribution in [0.2, 0.25) is 0 Å². The molecule has 1 aromatic heterocycles. The van der Waals surface area contributed by atoms with E-state index in [9.17, 15) is 0 Å². The van der Waals surface area contributed by atoms with E-state index in [2.05, 4.69) is 45.0 Å². The topological polar surface area (TPSA) is 33.1 Å². The van der Waals surface area contributed by atoms with E-state index >= 15 is 0 Å². The van der Waals surface area contributed by atoms with Gasteiger partial charge in [-0.3, -0.25) is 0 Å². The number of aryl methyl sites for hydroxylation is 1. The second kappa shape index (κ2) is 3.80. The monoisotopic (exact) mass is 228 g/mol. The lowest BCUT2D eigenvalue weighted by atomic mass is 10.1. The smallest absolute Gasteiger partial charge is 0.0995 e. The molecule has 0 saturated heterocycles. The molecule has 0 atom stereocenters. The van der Waals surface area contributed by atoms with Crippen LogP contribution >= 0.6 is 0 Å². The van der Waals surface area contributed by atoms with Crippen molar-refractivity contribution in [3.05, 3.63) is 48.0 Å². The maximum Gasteiger partial charge on any atom is 0.0995 e. The molecule has 3 heterocycles. The maximum absolute atomic E-state index is 4.26. The summed E-state index contributed by atoms with van der Waals surface area (Å²) in [6, 6.07) is 0. The van der Waals surface area contributed by atoms with Crippen molar-refractivity contribution >= 4 is 5.70 Å². The van der Waals surface area contributed by atoms with E-state index in [1.807, 2.05) is 19.4 Å². The molecule has 2 aliphatic rings. The molecule has 0 unspecified atom stereocenters. The Labute approximate surface area is 101 Å². The molecule has 0 aromatic carbocycles. The molecule has 4 heteroatoms. The summed E-state index contributed by atoms with van der Waals surface area (Å²) in [6.07, 6.45) is 10.4. The molecule has 0 saturated carbocycles. The molecule has 0 fully saturated rings. The maximum atomic E-state index is 4.26. The van der Waals surface area contributed by atoms with Crippen molar-refractivity contribution in [1.82, 2.24) is 19.8 Å². The number of allylic oxidation sites excluding steroid dienone is 4. The molecule has 0 spiro atoms.